The number of anilines is 6. The van der Waals surface area contributed by atoms with E-state index in [0.717, 1.165) is 111 Å². The zero-order valence-electron chi connectivity index (χ0n) is 32.5. The largest absolute Gasteiger partial charge is 0.452 e. The lowest BCUT2D eigenvalue weighted by Gasteiger charge is -2.25. The maximum absolute atomic E-state index is 6.97. The molecule has 282 valence electrons. The van der Waals surface area contributed by atoms with E-state index in [1.165, 1.54) is 0 Å². The van der Waals surface area contributed by atoms with Crippen LogP contribution in [-0.4, -0.2) is 0 Å². The molecule has 0 aliphatic rings. The van der Waals surface area contributed by atoms with Gasteiger partial charge in [-0.05, 0) is 136 Å². The van der Waals surface area contributed by atoms with Gasteiger partial charge < -0.3 is 18.6 Å². The molecule has 0 spiro atoms. The highest BCUT2D eigenvalue weighted by atomic mass is 16.4. The second-order valence-electron chi connectivity index (χ2n) is 15.3. The highest BCUT2D eigenvalue weighted by Gasteiger charge is 2.23. The highest BCUT2D eigenvalue weighted by Crippen LogP contribution is 2.47. The van der Waals surface area contributed by atoms with E-state index in [4.69, 9.17) is 8.83 Å². The van der Waals surface area contributed by atoms with Crippen LogP contribution in [0.15, 0.2) is 227 Å². The Morgan fingerprint density at radius 1 is 0.283 bits per heavy atom. The van der Waals surface area contributed by atoms with Gasteiger partial charge in [0.25, 0.3) is 0 Å². The number of nitrogens with zero attached hydrogens (tertiary/aromatic N) is 2. The molecule has 4 heteroatoms. The van der Waals surface area contributed by atoms with E-state index in [0.29, 0.717) is 0 Å². The summed E-state index contributed by atoms with van der Waals surface area (Å²) in [5.41, 5.74) is 12.0. The summed E-state index contributed by atoms with van der Waals surface area (Å²) in [4.78, 5) is 4.58. The minimum absolute atomic E-state index is 0.755. The first-order chi connectivity index (χ1) is 29.7. The van der Waals surface area contributed by atoms with Crippen molar-refractivity contribution < 1.29 is 8.83 Å². The van der Waals surface area contributed by atoms with E-state index in [1.54, 1.807) is 0 Å². The third-order valence-electron chi connectivity index (χ3n) is 11.7. The average Bonchev–Trinajstić information content (AvgIpc) is 3.86. The number of para-hydroxylation sites is 4. The van der Waals surface area contributed by atoms with Gasteiger partial charge in [-0.2, -0.15) is 0 Å². The van der Waals surface area contributed by atoms with Crippen LogP contribution in [0.25, 0.3) is 76.5 Å². The summed E-state index contributed by atoms with van der Waals surface area (Å²) in [7, 11) is 0. The number of furan rings is 2. The molecular formula is C56H36N2O2. The molecule has 0 atom stereocenters. The second kappa shape index (κ2) is 13.8. The van der Waals surface area contributed by atoms with Crippen LogP contribution < -0.4 is 9.80 Å². The van der Waals surface area contributed by atoms with Crippen molar-refractivity contribution in [2.24, 2.45) is 0 Å². The Hall–Kier alpha value is -8.08. The molecule has 12 rings (SSSR count). The second-order valence-corrected chi connectivity index (χ2v) is 15.3. The molecule has 0 bridgehead atoms. The van der Waals surface area contributed by atoms with Gasteiger partial charge in [-0.3, -0.25) is 0 Å². The van der Waals surface area contributed by atoms with Gasteiger partial charge in [-0.25, -0.2) is 0 Å². The molecular weight excluding hydrogens is 733 g/mol. The van der Waals surface area contributed by atoms with Gasteiger partial charge in [0.05, 0.1) is 0 Å². The monoisotopic (exact) mass is 768 g/mol. The molecule has 10 aromatic carbocycles. The molecule has 0 radical (unpaired) electrons. The zero-order chi connectivity index (χ0) is 39.6. The van der Waals surface area contributed by atoms with Gasteiger partial charge in [-0.15, -0.1) is 0 Å². The molecule has 0 fully saturated rings. The Labute approximate surface area is 346 Å². The van der Waals surface area contributed by atoms with Crippen LogP contribution >= 0.6 is 0 Å². The summed E-state index contributed by atoms with van der Waals surface area (Å²) in [6.45, 7) is 0. The van der Waals surface area contributed by atoms with Gasteiger partial charge in [0.2, 0.25) is 0 Å². The molecule has 0 saturated carbocycles. The van der Waals surface area contributed by atoms with E-state index >= 15 is 0 Å². The molecule has 0 aliphatic heterocycles. The number of rotatable bonds is 7. The first-order valence-corrected chi connectivity index (χ1v) is 20.3. The van der Waals surface area contributed by atoms with Crippen LogP contribution in [0.3, 0.4) is 0 Å². The SMILES string of the molecule is c1ccc(-c2cc3c4cc5ccc(N(c6ccccc6)c6ccccc6)cc5cc4oc3c3oc4cc5cc(N(c6ccccc6)c6ccccc6)ccc5cc4c23)cc1. The third kappa shape index (κ3) is 5.61. The lowest BCUT2D eigenvalue weighted by molar-refractivity contribution is 0.634. The smallest absolute Gasteiger partial charge is 0.179 e. The molecule has 0 amide bonds. The highest BCUT2D eigenvalue weighted by molar-refractivity contribution is 6.26. The lowest BCUT2D eigenvalue weighted by atomic mass is 9.95. The summed E-state index contributed by atoms with van der Waals surface area (Å²) in [6.07, 6.45) is 0. The van der Waals surface area contributed by atoms with Crippen molar-refractivity contribution in [2.75, 3.05) is 9.80 Å². The lowest BCUT2D eigenvalue weighted by Crippen LogP contribution is -2.09. The maximum atomic E-state index is 6.97. The van der Waals surface area contributed by atoms with Crippen molar-refractivity contribution in [3.8, 4) is 11.1 Å². The summed E-state index contributed by atoms with van der Waals surface area (Å²) in [6, 6.07) is 77.3. The topological polar surface area (TPSA) is 32.8 Å². The van der Waals surface area contributed by atoms with E-state index in [-0.39, 0.29) is 0 Å². The molecule has 12 aromatic rings. The zero-order valence-corrected chi connectivity index (χ0v) is 32.5. The molecule has 0 unspecified atom stereocenters. The minimum atomic E-state index is 0.755. The van der Waals surface area contributed by atoms with Crippen molar-refractivity contribution in [3.05, 3.63) is 218 Å². The van der Waals surface area contributed by atoms with Crippen LogP contribution in [-0.2, 0) is 0 Å². The van der Waals surface area contributed by atoms with Gasteiger partial charge in [-0.1, -0.05) is 115 Å². The Morgan fingerprint density at radius 3 is 1.18 bits per heavy atom. The summed E-state index contributed by atoms with van der Waals surface area (Å²) in [5, 5.41) is 8.68. The van der Waals surface area contributed by atoms with E-state index in [2.05, 4.69) is 228 Å². The quantitative estimate of drug-likeness (QED) is 0.162. The molecule has 0 saturated heterocycles. The fourth-order valence-corrected chi connectivity index (χ4v) is 8.96. The van der Waals surface area contributed by atoms with Crippen LogP contribution in [0.5, 0.6) is 0 Å². The number of hydrogen-bond acceptors (Lipinski definition) is 4. The fraction of sp³-hybridized carbons (Fsp3) is 0. The molecule has 0 aliphatic carbocycles. The standard InChI is InChI=1S/C56H36N2O2/c1-6-16-37(17-7-1)48-36-50-49-32-38-26-28-46(57(42-18-8-2-9-19-42)43-20-10-3-11-21-43)30-40(38)34-52(49)59-55(50)56-54(48)51-33-39-27-29-47(31-41(39)35-53(51)60-56)58(44-22-12-4-13-23-44)45-24-14-5-15-25-45/h1-36H. The molecule has 2 heterocycles. The summed E-state index contributed by atoms with van der Waals surface area (Å²) < 4.78 is 13.9. The van der Waals surface area contributed by atoms with E-state index < -0.39 is 0 Å². The van der Waals surface area contributed by atoms with Crippen molar-refractivity contribution in [1.29, 1.82) is 0 Å². The van der Waals surface area contributed by atoms with E-state index in [9.17, 15) is 0 Å². The Kier molecular flexibility index (Phi) is 7.82. The number of hydrogen-bond donors (Lipinski definition) is 0. The first kappa shape index (κ1) is 34.0. The van der Waals surface area contributed by atoms with Gasteiger partial charge in [0.15, 0.2) is 11.2 Å². The van der Waals surface area contributed by atoms with Crippen LogP contribution in [0, 0.1) is 0 Å². The normalized spacial score (nSPS) is 11.7. The average molecular weight is 769 g/mol. The Morgan fingerprint density at radius 2 is 0.700 bits per heavy atom. The van der Waals surface area contributed by atoms with Crippen LogP contribution in [0.1, 0.15) is 0 Å². The van der Waals surface area contributed by atoms with Crippen LogP contribution in [0.4, 0.5) is 34.1 Å². The Balaban J connectivity index is 1.05. The first-order valence-electron chi connectivity index (χ1n) is 20.3. The van der Waals surface area contributed by atoms with E-state index in [1.807, 2.05) is 0 Å². The summed E-state index contributed by atoms with van der Waals surface area (Å²) in [5.74, 6) is 0. The number of benzene rings is 10. The van der Waals surface area contributed by atoms with Crippen LogP contribution in [0.2, 0.25) is 0 Å². The fourth-order valence-electron chi connectivity index (χ4n) is 8.96. The molecule has 2 aromatic heterocycles. The summed E-state index contributed by atoms with van der Waals surface area (Å²) >= 11 is 0. The van der Waals surface area contributed by atoms with Gasteiger partial charge >= 0.3 is 0 Å². The van der Waals surface area contributed by atoms with Crippen molar-refractivity contribution in [2.45, 2.75) is 0 Å². The van der Waals surface area contributed by atoms with Gasteiger partial charge in [0, 0.05) is 55.7 Å². The predicted octanol–water partition coefficient (Wildman–Crippen LogP) is 16.4. The van der Waals surface area contributed by atoms with Crippen molar-refractivity contribution in [1.82, 2.24) is 0 Å². The predicted molar refractivity (Wildman–Crippen MR) is 251 cm³/mol. The number of fused-ring (bicyclic) bond motifs is 9. The van der Waals surface area contributed by atoms with Crippen molar-refractivity contribution in [3.63, 3.8) is 0 Å². The molecule has 4 nitrogen and oxygen atoms in total. The minimum Gasteiger partial charge on any atom is -0.452 e. The maximum Gasteiger partial charge on any atom is 0.179 e. The molecule has 0 N–H and O–H groups in total. The third-order valence-corrected chi connectivity index (χ3v) is 11.7. The Bertz CT molecular complexity index is 3450. The molecule has 60 heavy (non-hydrogen) atoms. The van der Waals surface area contributed by atoms with Crippen molar-refractivity contribution >= 4 is 99.5 Å². The van der Waals surface area contributed by atoms with Gasteiger partial charge in [0.1, 0.15) is 11.2 Å².